The lowest BCUT2D eigenvalue weighted by molar-refractivity contribution is 0.0994. The average Bonchev–Trinajstić information content (AvgIpc) is 2.98. The fourth-order valence-electron chi connectivity index (χ4n) is 1.75. The summed E-state index contributed by atoms with van der Waals surface area (Å²) in [6.07, 6.45) is 3.26. The molecule has 9 heteroatoms. The summed E-state index contributed by atoms with van der Waals surface area (Å²) in [4.78, 5) is 10.8. The molecular weight excluding hydrogens is 258 g/mol. The molecule has 1 aliphatic heterocycles. The molecule has 0 saturated carbocycles. The number of carbonyl (C=O) groups is 1. The molecule has 1 fully saturated rings. The van der Waals surface area contributed by atoms with Crippen LogP contribution in [0.15, 0.2) is 12.3 Å². The minimum atomic E-state index is -3.46. The lowest BCUT2D eigenvalue weighted by Crippen LogP contribution is -2.39. The summed E-state index contributed by atoms with van der Waals surface area (Å²) in [6, 6.07) is 1.44. The number of nitrogens with two attached hydrogens (primary N) is 1. The van der Waals surface area contributed by atoms with Crippen LogP contribution in [0.4, 0.5) is 0 Å². The van der Waals surface area contributed by atoms with Gasteiger partial charge in [-0.2, -0.15) is 22.5 Å². The molecule has 0 spiro atoms. The van der Waals surface area contributed by atoms with Crippen molar-refractivity contribution in [1.82, 2.24) is 18.8 Å². The van der Waals surface area contributed by atoms with Gasteiger partial charge < -0.3 is 5.73 Å². The number of aromatic nitrogens is 2. The Labute approximate surface area is 105 Å². The SMILES string of the molecule is NC(=O)c1ccn(CNS(=O)(=O)N2CCCC2)n1. The summed E-state index contributed by atoms with van der Waals surface area (Å²) in [6.45, 7) is 1.06. The van der Waals surface area contributed by atoms with Crippen molar-refractivity contribution in [1.29, 1.82) is 0 Å². The molecule has 0 atom stereocenters. The third-order valence-corrected chi connectivity index (χ3v) is 4.25. The predicted molar refractivity (Wildman–Crippen MR) is 63.6 cm³/mol. The number of nitrogens with one attached hydrogen (secondary N) is 1. The van der Waals surface area contributed by atoms with Gasteiger partial charge in [0.25, 0.3) is 16.1 Å². The van der Waals surface area contributed by atoms with Crippen LogP contribution in [-0.4, -0.2) is 41.5 Å². The van der Waals surface area contributed by atoms with Crippen molar-refractivity contribution < 1.29 is 13.2 Å². The Morgan fingerprint density at radius 3 is 2.67 bits per heavy atom. The number of carbonyl (C=O) groups excluding carboxylic acids is 1. The van der Waals surface area contributed by atoms with E-state index < -0.39 is 16.1 Å². The number of rotatable bonds is 5. The van der Waals surface area contributed by atoms with Crippen molar-refractivity contribution in [2.24, 2.45) is 5.73 Å². The Balaban J connectivity index is 1.96. The molecule has 100 valence electrons. The molecule has 2 rings (SSSR count). The third-order valence-electron chi connectivity index (χ3n) is 2.71. The second-order valence-electron chi connectivity index (χ2n) is 4.02. The monoisotopic (exact) mass is 273 g/mol. The Hall–Kier alpha value is -1.45. The molecule has 3 N–H and O–H groups in total. The summed E-state index contributed by atoms with van der Waals surface area (Å²) in [5, 5.41) is 3.84. The van der Waals surface area contributed by atoms with E-state index in [0.29, 0.717) is 13.1 Å². The number of nitrogens with zero attached hydrogens (tertiary/aromatic N) is 3. The molecule has 0 bridgehead atoms. The summed E-state index contributed by atoms with van der Waals surface area (Å²) in [5.41, 5.74) is 5.15. The lowest BCUT2D eigenvalue weighted by atomic mass is 10.4. The van der Waals surface area contributed by atoms with Crippen molar-refractivity contribution >= 4 is 16.1 Å². The van der Waals surface area contributed by atoms with E-state index in [0.717, 1.165) is 12.8 Å². The summed E-state index contributed by atoms with van der Waals surface area (Å²) in [7, 11) is -3.46. The standard InChI is InChI=1S/C9H15N5O3S/c10-9(15)8-3-6-13(12-8)7-11-18(16,17)14-4-1-2-5-14/h3,6,11H,1-2,4-5,7H2,(H2,10,15). The van der Waals surface area contributed by atoms with Gasteiger partial charge in [-0.25, -0.2) is 0 Å². The van der Waals surface area contributed by atoms with E-state index in [9.17, 15) is 13.2 Å². The fraction of sp³-hybridized carbons (Fsp3) is 0.556. The number of amides is 1. The van der Waals surface area contributed by atoms with Gasteiger partial charge in [0, 0.05) is 19.3 Å². The zero-order valence-corrected chi connectivity index (χ0v) is 10.6. The van der Waals surface area contributed by atoms with Crippen molar-refractivity contribution in [3.8, 4) is 0 Å². The largest absolute Gasteiger partial charge is 0.364 e. The zero-order valence-electron chi connectivity index (χ0n) is 9.74. The number of hydrogen-bond acceptors (Lipinski definition) is 4. The van der Waals surface area contributed by atoms with Crippen LogP contribution in [0.1, 0.15) is 23.3 Å². The van der Waals surface area contributed by atoms with Crippen molar-refractivity contribution in [3.05, 3.63) is 18.0 Å². The van der Waals surface area contributed by atoms with Crippen LogP contribution in [0, 0.1) is 0 Å². The van der Waals surface area contributed by atoms with E-state index in [1.165, 1.54) is 21.3 Å². The molecule has 0 aliphatic carbocycles. The third kappa shape index (κ3) is 2.86. The van der Waals surface area contributed by atoms with Gasteiger partial charge in [0.15, 0.2) is 0 Å². The molecule has 2 heterocycles. The maximum atomic E-state index is 11.8. The molecule has 0 aromatic carbocycles. The van der Waals surface area contributed by atoms with Gasteiger partial charge in [0.1, 0.15) is 12.4 Å². The molecule has 0 unspecified atom stereocenters. The summed E-state index contributed by atoms with van der Waals surface area (Å²) in [5.74, 6) is -0.642. The van der Waals surface area contributed by atoms with Crippen molar-refractivity contribution in [3.63, 3.8) is 0 Å². The van der Waals surface area contributed by atoms with Crippen LogP contribution in [0.3, 0.4) is 0 Å². The molecule has 0 radical (unpaired) electrons. The topological polar surface area (TPSA) is 110 Å². The van der Waals surface area contributed by atoms with Crippen molar-refractivity contribution in [2.45, 2.75) is 19.5 Å². The molecule has 1 aliphatic rings. The Kier molecular flexibility index (Phi) is 3.64. The molecular formula is C9H15N5O3S. The molecule has 18 heavy (non-hydrogen) atoms. The summed E-state index contributed by atoms with van der Waals surface area (Å²) >= 11 is 0. The Morgan fingerprint density at radius 1 is 1.44 bits per heavy atom. The van der Waals surface area contributed by atoms with Crippen LogP contribution in [-0.2, 0) is 16.9 Å². The first-order valence-electron chi connectivity index (χ1n) is 5.57. The lowest BCUT2D eigenvalue weighted by Gasteiger charge is -2.15. The first-order chi connectivity index (χ1) is 8.49. The normalized spacial score (nSPS) is 17.1. The highest BCUT2D eigenvalue weighted by atomic mass is 32.2. The highest BCUT2D eigenvalue weighted by Gasteiger charge is 2.24. The van der Waals surface area contributed by atoms with Gasteiger partial charge in [-0.3, -0.25) is 9.48 Å². The molecule has 1 aromatic heterocycles. The predicted octanol–water partition coefficient (Wildman–Crippen LogP) is -1.13. The van der Waals surface area contributed by atoms with E-state index in [1.54, 1.807) is 0 Å². The first kappa shape index (κ1) is 13.0. The van der Waals surface area contributed by atoms with E-state index >= 15 is 0 Å². The van der Waals surface area contributed by atoms with Gasteiger partial charge in [-0.05, 0) is 18.9 Å². The van der Waals surface area contributed by atoms with Crippen LogP contribution < -0.4 is 10.5 Å². The maximum Gasteiger partial charge on any atom is 0.281 e. The molecule has 1 saturated heterocycles. The fourth-order valence-corrected chi connectivity index (χ4v) is 2.97. The van der Waals surface area contributed by atoms with E-state index in [-0.39, 0.29) is 12.4 Å². The zero-order chi connectivity index (χ0) is 13.2. The Bertz CT molecular complexity index is 532. The summed E-state index contributed by atoms with van der Waals surface area (Å²) < 4.78 is 28.8. The van der Waals surface area contributed by atoms with Crippen LogP contribution >= 0.6 is 0 Å². The number of hydrogen-bond donors (Lipinski definition) is 2. The molecule has 1 amide bonds. The minimum Gasteiger partial charge on any atom is -0.364 e. The minimum absolute atomic E-state index is 0.0217. The van der Waals surface area contributed by atoms with Gasteiger partial charge in [-0.1, -0.05) is 0 Å². The quantitative estimate of drug-likeness (QED) is 0.707. The average molecular weight is 273 g/mol. The van der Waals surface area contributed by atoms with Crippen LogP contribution in [0.5, 0.6) is 0 Å². The highest BCUT2D eigenvalue weighted by molar-refractivity contribution is 7.87. The second-order valence-corrected chi connectivity index (χ2v) is 5.77. The van der Waals surface area contributed by atoms with Gasteiger partial charge in [-0.15, -0.1) is 0 Å². The van der Waals surface area contributed by atoms with Crippen molar-refractivity contribution in [2.75, 3.05) is 13.1 Å². The van der Waals surface area contributed by atoms with E-state index in [2.05, 4.69) is 9.82 Å². The van der Waals surface area contributed by atoms with E-state index in [4.69, 9.17) is 5.73 Å². The van der Waals surface area contributed by atoms with E-state index in [1.807, 2.05) is 0 Å². The Morgan fingerprint density at radius 2 is 2.11 bits per heavy atom. The smallest absolute Gasteiger partial charge is 0.281 e. The number of primary amides is 1. The maximum absolute atomic E-state index is 11.8. The molecule has 8 nitrogen and oxygen atoms in total. The van der Waals surface area contributed by atoms with Gasteiger partial charge >= 0.3 is 0 Å². The first-order valence-corrected chi connectivity index (χ1v) is 7.01. The molecule has 1 aromatic rings. The van der Waals surface area contributed by atoms with Gasteiger partial charge in [0.2, 0.25) is 0 Å². The highest BCUT2D eigenvalue weighted by Crippen LogP contribution is 2.11. The van der Waals surface area contributed by atoms with Gasteiger partial charge in [0.05, 0.1) is 0 Å². The second kappa shape index (κ2) is 5.04. The van der Waals surface area contributed by atoms with Crippen LogP contribution in [0.25, 0.3) is 0 Å². The van der Waals surface area contributed by atoms with Crippen LogP contribution in [0.2, 0.25) is 0 Å².